The van der Waals surface area contributed by atoms with Gasteiger partial charge in [0.2, 0.25) is 5.91 Å². The topological polar surface area (TPSA) is 58.2 Å². The largest absolute Gasteiger partial charge is 0.356 e. The summed E-state index contributed by atoms with van der Waals surface area (Å²) in [5, 5.41) is 6.35. The zero-order valence-electron chi connectivity index (χ0n) is 10.3. The summed E-state index contributed by atoms with van der Waals surface area (Å²) in [6.45, 7) is 3.09. The molecule has 0 aromatic heterocycles. The minimum Gasteiger partial charge on any atom is -0.356 e. The fraction of sp³-hybridized carbons (Fsp3) is 0.385. The maximum atomic E-state index is 11.7. The highest BCUT2D eigenvalue weighted by Gasteiger charge is 2.04. The lowest BCUT2D eigenvalue weighted by atomic mass is 10.1. The Morgan fingerprint density at radius 2 is 1.83 bits per heavy atom. The molecular weight excluding hydrogens is 252 g/mol. The second-order valence-corrected chi connectivity index (χ2v) is 4.38. The number of halogens is 1. The molecule has 1 aromatic carbocycles. The number of rotatable bonds is 7. The molecule has 0 saturated carbocycles. The lowest BCUT2D eigenvalue weighted by Crippen LogP contribution is -2.28. The van der Waals surface area contributed by atoms with E-state index in [0.717, 1.165) is 6.42 Å². The van der Waals surface area contributed by atoms with E-state index in [4.69, 9.17) is 11.6 Å². The minimum atomic E-state index is -0.0350. The molecule has 18 heavy (non-hydrogen) atoms. The van der Waals surface area contributed by atoms with Gasteiger partial charge in [0.1, 0.15) is 0 Å². The summed E-state index contributed by atoms with van der Waals surface area (Å²) in [5.74, 6) is -0.00145. The standard InChI is InChI=1S/C13H17ClN2O2/c1-10(17)16-8-2-7-15-9-13(18)11-3-5-12(14)6-4-11/h3-6,15H,2,7-9H2,1H3,(H,16,17). The van der Waals surface area contributed by atoms with Crippen LogP contribution in [0.2, 0.25) is 5.02 Å². The van der Waals surface area contributed by atoms with Gasteiger partial charge in [0.05, 0.1) is 6.54 Å². The zero-order chi connectivity index (χ0) is 13.4. The molecule has 1 aromatic rings. The van der Waals surface area contributed by atoms with Crippen LogP contribution in [0.3, 0.4) is 0 Å². The molecule has 2 N–H and O–H groups in total. The third-order valence-corrected chi connectivity index (χ3v) is 2.61. The van der Waals surface area contributed by atoms with Gasteiger partial charge in [-0.05, 0) is 37.2 Å². The Bertz CT molecular complexity index is 404. The Kier molecular flexibility index (Phi) is 6.39. The number of carbonyl (C=O) groups is 2. The first-order chi connectivity index (χ1) is 8.59. The Hall–Kier alpha value is -1.39. The molecule has 0 aliphatic heterocycles. The third-order valence-electron chi connectivity index (χ3n) is 2.36. The van der Waals surface area contributed by atoms with Crippen LogP contribution in [-0.4, -0.2) is 31.3 Å². The number of hydrogen-bond donors (Lipinski definition) is 2. The smallest absolute Gasteiger partial charge is 0.216 e. The van der Waals surface area contributed by atoms with E-state index in [1.54, 1.807) is 24.3 Å². The predicted octanol–water partition coefficient (Wildman–Crippen LogP) is 1.64. The van der Waals surface area contributed by atoms with Crippen molar-refractivity contribution < 1.29 is 9.59 Å². The summed E-state index contributed by atoms with van der Waals surface area (Å²) in [4.78, 5) is 22.3. The molecule has 0 bridgehead atoms. The van der Waals surface area contributed by atoms with Crippen LogP contribution in [0, 0.1) is 0 Å². The molecule has 1 rings (SSSR count). The van der Waals surface area contributed by atoms with Crippen molar-refractivity contribution in [3.8, 4) is 0 Å². The number of nitrogens with one attached hydrogen (secondary N) is 2. The van der Waals surface area contributed by atoms with E-state index in [2.05, 4.69) is 10.6 Å². The van der Waals surface area contributed by atoms with Gasteiger partial charge in [0, 0.05) is 24.1 Å². The van der Waals surface area contributed by atoms with E-state index in [0.29, 0.717) is 30.2 Å². The first kappa shape index (κ1) is 14.7. The van der Waals surface area contributed by atoms with Crippen LogP contribution in [0.15, 0.2) is 24.3 Å². The van der Waals surface area contributed by atoms with E-state index in [1.165, 1.54) is 6.92 Å². The molecule has 0 heterocycles. The van der Waals surface area contributed by atoms with Crippen molar-refractivity contribution in [3.63, 3.8) is 0 Å². The Morgan fingerprint density at radius 3 is 2.44 bits per heavy atom. The molecule has 0 fully saturated rings. The van der Waals surface area contributed by atoms with Gasteiger partial charge in [-0.1, -0.05) is 11.6 Å². The molecule has 0 aliphatic rings. The first-order valence-electron chi connectivity index (χ1n) is 5.83. The van der Waals surface area contributed by atoms with E-state index >= 15 is 0 Å². The monoisotopic (exact) mass is 268 g/mol. The van der Waals surface area contributed by atoms with Crippen molar-refractivity contribution in [2.24, 2.45) is 0 Å². The van der Waals surface area contributed by atoms with Crippen molar-refractivity contribution in [2.45, 2.75) is 13.3 Å². The molecular formula is C13H17ClN2O2. The molecule has 0 unspecified atom stereocenters. The molecule has 0 spiro atoms. The summed E-state index contributed by atoms with van der Waals surface area (Å²) < 4.78 is 0. The van der Waals surface area contributed by atoms with Gasteiger partial charge in [0.25, 0.3) is 0 Å². The number of ketones is 1. The lowest BCUT2D eigenvalue weighted by Gasteiger charge is -2.05. The second-order valence-electron chi connectivity index (χ2n) is 3.94. The van der Waals surface area contributed by atoms with Crippen molar-refractivity contribution in [3.05, 3.63) is 34.9 Å². The number of Topliss-reactive ketones (excluding diaryl/α,β-unsaturated/α-hetero) is 1. The van der Waals surface area contributed by atoms with Crippen LogP contribution in [0.25, 0.3) is 0 Å². The number of amides is 1. The highest BCUT2D eigenvalue weighted by Crippen LogP contribution is 2.09. The quantitative estimate of drug-likeness (QED) is 0.584. The fourth-order valence-corrected chi connectivity index (χ4v) is 1.54. The van der Waals surface area contributed by atoms with Gasteiger partial charge < -0.3 is 10.6 Å². The average molecular weight is 269 g/mol. The van der Waals surface area contributed by atoms with Crippen LogP contribution in [0.5, 0.6) is 0 Å². The van der Waals surface area contributed by atoms with Crippen LogP contribution < -0.4 is 10.6 Å². The van der Waals surface area contributed by atoms with E-state index in [-0.39, 0.29) is 11.7 Å². The molecule has 4 nitrogen and oxygen atoms in total. The van der Waals surface area contributed by atoms with Crippen molar-refractivity contribution in [1.82, 2.24) is 10.6 Å². The normalized spacial score (nSPS) is 10.1. The van der Waals surface area contributed by atoms with Gasteiger partial charge in [-0.25, -0.2) is 0 Å². The summed E-state index contributed by atoms with van der Waals surface area (Å²) in [6, 6.07) is 6.82. The van der Waals surface area contributed by atoms with E-state index < -0.39 is 0 Å². The Balaban J connectivity index is 2.17. The van der Waals surface area contributed by atoms with Gasteiger partial charge in [-0.3, -0.25) is 9.59 Å². The molecule has 0 aliphatic carbocycles. The predicted molar refractivity (Wildman–Crippen MR) is 72.0 cm³/mol. The van der Waals surface area contributed by atoms with Crippen LogP contribution in [-0.2, 0) is 4.79 Å². The SMILES string of the molecule is CC(=O)NCCCNCC(=O)c1ccc(Cl)cc1. The molecule has 5 heteroatoms. The molecule has 0 saturated heterocycles. The first-order valence-corrected chi connectivity index (χ1v) is 6.21. The maximum Gasteiger partial charge on any atom is 0.216 e. The Morgan fingerprint density at radius 1 is 1.17 bits per heavy atom. The molecule has 1 amide bonds. The van der Waals surface area contributed by atoms with Gasteiger partial charge in [0.15, 0.2) is 5.78 Å². The van der Waals surface area contributed by atoms with Crippen molar-refractivity contribution in [2.75, 3.05) is 19.6 Å². The van der Waals surface area contributed by atoms with Gasteiger partial charge >= 0.3 is 0 Å². The molecule has 0 radical (unpaired) electrons. The highest BCUT2D eigenvalue weighted by molar-refractivity contribution is 6.30. The number of carbonyl (C=O) groups excluding carboxylic acids is 2. The fourth-order valence-electron chi connectivity index (χ4n) is 1.42. The van der Waals surface area contributed by atoms with Gasteiger partial charge in [-0.2, -0.15) is 0 Å². The van der Waals surface area contributed by atoms with E-state index in [1.807, 2.05) is 0 Å². The van der Waals surface area contributed by atoms with Crippen LogP contribution in [0.1, 0.15) is 23.7 Å². The van der Waals surface area contributed by atoms with Gasteiger partial charge in [-0.15, -0.1) is 0 Å². The summed E-state index contributed by atoms with van der Waals surface area (Å²) in [5.41, 5.74) is 0.647. The molecule has 98 valence electrons. The average Bonchev–Trinajstić information content (AvgIpc) is 2.34. The Labute approximate surface area is 112 Å². The summed E-state index contributed by atoms with van der Waals surface area (Å²) in [7, 11) is 0. The second kappa shape index (κ2) is 7.84. The molecule has 0 atom stereocenters. The maximum absolute atomic E-state index is 11.7. The highest BCUT2D eigenvalue weighted by atomic mass is 35.5. The lowest BCUT2D eigenvalue weighted by molar-refractivity contribution is -0.118. The minimum absolute atomic E-state index is 0.0335. The van der Waals surface area contributed by atoms with Crippen molar-refractivity contribution >= 4 is 23.3 Å². The van der Waals surface area contributed by atoms with E-state index in [9.17, 15) is 9.59 Å². The van der Waals surface area contributed by atoms with Crippen LogP contribution >= 0.6 is 11.6 Å². The van der Waals surface area contributed by atoms with Crippen molar-refractivity contribution in [1.29, 1.82) is 0 Å². The van der Waals surface area contributed by atoms with Crippen LogP contribution in [0.4, 0.5) is 0 Å². The summed E-state index contributed by atoms with van der Waals surface area (Å²) >= 11 is 5.74. The summed E-state index contributed by atoms with van der Waals surface area (Å²) in [6.07, 6.45) is 0.799. The zero-order valence-corrected chi connectivity index (χ0v) is 11.1. The third kappa shape index (κ3) is 5.80. The number of benzene rings is 1. The number of hydrogen-bond acceptors (Lipinski definition) is 3.